The summed E-state index contributed by atoms with van der Waals surface area (Å²) >= 11 is 0. The highest BCUT2D eigenvalue weighted by Gasteiger charge is 2.37. The number of rotatable bonds is 15. The van der Waals surface area contributed by atoms with E-state index in [9.17, 15) is 0 Å². The lowest BCUT2D eigenvalue weighted by atomic mass is 9.69. The fourth-order valence-corrected chi connectivity index (χ4v) is 8.99. The third kappa shape index (κ3) is 8.37. The van der Waals surface area contributed by atoms with Crippen molar-refractivity contribution in [3.63, 3.8) is 0 Å². The molecule has 0 bridgehead atoms. The number of benzene rings is 6. The number of aromatic nitrogens is 3. The second kappa shape index (κ2) is 18.6. The summed E-state index contributed by atoms with van der Waals surface area (Å²) < 4.78 is 18.1. The van der Waals surface area contributed by atoms with E-state index in [2.05, 4.69) is 133 Å². The van der Waals surface area contributed by atoms with Gasteiger partial charge in [0.25, 0.3) is 0 Å². The summed E-state index contributed by atoms with van der Waals surface area (Å²) in [6.45, 7) is 1.61. The molecule has 0 radical (unpaired) electrons. The molecule has 3 heterocycles. The molecular weight excluding hydrogens is 817 g/mol. The molecule has 0 saturated carbocycles. The maximum absolute atomic E-state index is 7.01. The number of hydrogen-bond donors (Lipinski definition) is 0. The molecule has 0 aliphatic heterocycles. The van der Waals surface area contributed by atoms with Crippen LogP contribution in [0.2, 0.25) is 0 Å². The first-order valence-corrected chi connectivity index (χ1v) is 21.9. The Hall–Kier alpha value is -8.09. The Morgan fingerprint density at radius 3 is 1.02 bits per heavy atom. The van der Waals surface area contributed by atoms with E-state index in [0.717, 1.165) is 83.5 Å². The summed E-state index contributed by atoms with van der Waals surface area (Å²) in [6.07, 6.45) is 7.01. The first kappa shape index (κ1) is 43.2. The molecule has 328 valence electrons. The monoisotopic (exact) mass is 868 g/mol. The number of ether oxygens (including phenoxy) is 3. The minimum absolute atomic E-state index is 0.536. The van der Waals surface area contributed by atoms with Crippen molar-refractivity contribution in [2.75, 3.05) is 57.2 Å². The zero-order valence-electron chi connectivity index (χ0n) is 38.2. The largest absolute Gasteiger partial charge is 0.495 e. The average molecular weight is 869 g/mol. The van der Waals surface area contributed by atoms with Gasteiger partial charge in [-0.05, 0) is 89.5 Å². The zero-order valence-corrected chi connectivity index (χ0v) is 38.2. The number of pyridine rings is 3. The quantitative estimate of drug-likeness (QED) is 0.0739. The molecule has 0 atom stereocenters. The lowest BCUT2D eigenvalue weighted by Crippen LogP contribution is -2.30. The van der Waals surface area contributed by atoms with Gasteiger partial charge in [0, 0.05) is 37.3 Å². The van der Waals surface area contributed by atoms with Gasteiger partial charge in [0.1, 0.15) is 22.7 Å². The average Bonchev–Trinajstić information content (AvgIpc) is 3.36. The Bertz CT molecular complexity index is 2920. The number of para-hydroxylation sites is 3. The van der Waals surface area contributed by atoms with Gasteiger partial charge >= 0.3 is 0 Å². The van der Waals surface area contributed by atoms with Crippen molar-refractivity contribution in [2.24, 2.45) is 0 Å². The van der Waals surface area contributed by atoms with E-state index in [4.69, 9.17) is 35.6 Å². The molecular formula is C57H52N6O3. The topological polar surface area (TPSA) is 76.1 Å². The van der Waals surface area contributed by atoms with E-state index >= 15 is 0 Å². The molecule has 0 unspecified atom stereocenters. The molecule has 3 aromatic heterocycles. The highest BCUT2D eigenvalue weighted by atomic mass is 16.5. The van der Waals surface area contributed by atoms with Crippen molar-refractivity contribution >= 4 is 49.8 Å². The van der Waals surface area contributed by atoms with Gasteiger partial charge in [-0.3, -0.25) is 15.0 Å². The molecule has 9 nitrogen and oxygen atoms in total. The standard InChI is InChI=1S/C57H52N6O3/c1-8-57(42-24-30-54(64-5)51(33-42)61(2)36-45-27-21-39-15-9-12-18-48(39)58-45,43-25-31-55(65-6)52(34-43)62(3)37-46-28-22-40-16-10-13-19-49(40)59-46)44-26-32-56(66-7)53(35-44)63(4)38-47-29-23-41-17-11-14-20-50(41)60-47/h1,9-35H,36-38H2,2-7H3. The van der Waals surface area contributed by atoms with Crippen LogP contribution in [0.5, 0.6) is 17.2 Å². The van der Waals surface area contributed by atoms with E-state index in [1.54, 1.807) is 21.3 Å². The highest BCUT2D eigenvalue weighted by molar-refractivity contribution is 5.80. The van der Waals surface area contributed by atoms with Crippen molar-refractivity contribution in [1.82, 2.24) is 15.0 Å². The summed E-state index contributed by atoms with van der Waals surface area (Å²) in [5.74, 6) is 5.51. The number of fused-ring (bicyclic) bond motifs is 3. The Morgan fingerprint density at radius 2 is 0.727 bits per heavy atom. The van der Waals surface area contributed by atoms with Gasteiger partial charge in [-0.25, -0.2) is 0 Å². The van der Waals surface area contributed by atoms with Gasteiger partial charge in [-0.15, -0.1) is 6.42 Å². The van der Waals surface area contributed by atoms with Gasteiger partial charge in [0.2, 0.25) is 0 Å². The molecule has 0 spiro atoms. The van der Waals surface area contributed by atoms with Crippen LogP contribution >= 0.6 is 0 Å². The van der Waals surface area contributed by atoms with Crippen LogP contribution < -0.4 is 28.9 Å². The molecule has 9 rings (SSSR count). The summed E-state index contributed by atoms with van der Waals surface area (Å²) in [5.41, 5.74) is 9.74. The van der Waals surface area contributed by atoms with E-state index in [-0.39, 0.29) is 0 Å². The van der Waals surface area contributed by atoms with Gasteiger partial charge in [0.15, 0.2) is 0 Å². The van der Waals surface area contributed by atoms with Crippen LogP contribution in [0.3, 0.4) is 0 Å². The van der Waals surface area contributed by atoms with Gasteiger partial charge in [-0.1, -0.05) is 96.9 Å². The van der Waals surface area contributed by atoms with Crippen molar-refractivity contribution in [1.29, 1.82) is 0 Å². The van der Waals surface area contributed by atoms with Crippen LogP contribution in [-0.4, -0.2) is 57.4 Å². The highest BCUT2D eigenvalue weighted by Crippen LogP contribution is 2.47. The van der Waals surface area contributed by atoms with Crippen LogP contribution in [0.25, 0.3) is 32.7 Å². The summed E-state index contributed by atoms with van der Waals surface area (Å²) in [5, 5.41) is 3.29. The SMILES string of the molecule is C#CC(c1ccc(OC)c(N(C)Cc2ccc3ccccc3n2)c1)(c1ccc(OC)c(N(C)Cc2ccc3ccccc3n2)c1)c1ccc(OC)c(N(C)Cc2ccc3ccccc3n2)c1. The normalized spacial score (nSPS) is 11.3. The fourth-order valence-electron chi connectivity index (χ4n) is 8.99. The number of nitrogens with zero attached hydrogens (tertiary/aromatic N) is 6. The molecule has 9 aromatic rings. The molecule has 0 amide bonds. The van der Waals surface area contributed by atoms with E-state index < -0.39 is 5.41 Å². The summed E-state index contributed by atoms with van der Waals surface area (Å²) in [6, 6.07) is 55.7. The zero-order chi connectivity index (χ0) is 45.8. The maximum Gasteiger partial charge on any atom is 0.142 e. The number of anilines is 3. The second-order valence-corrected chi connectivity index (χ2v) is 16.6. The van der Waals surface area contributed by atoms with Crippen LogP contribution in [0.1, 0.15) is 33.8 Å². The van der Waals surface area contributed by atoms with E-state index in [0.29, 0.717) is 36.9 Å². The Morgan fingerprint density at radius 1 is 0.424 bits per heavy atom. The van der Waals surface area contributed by atoms with Crippen molar-refractivity contribution in [3.05, 3.63) is 198 Å². The first-order chi connectivity index (χ1) is 32.2. The molecule has 0 aliphatic carbocycles. The minimum atomic E-state index is -1.13. The predicted octanol–water partition coefficient (Wildman–Crippen LogP) is 11.2. The van der Waals surface area contributed by atoms with Crippen LogP contribution in [-0.2, 0) is 25.0 Å². The van der Waals surface area contributed by atoms with E-state index in [1.807, 2.05) is 72.8 Å². The Kier molecular flexibility index (Phi) is 12.1. The third-order valence-electron chi connectivity index (χ3n) is 12.5. The molecule has 0 aliphatic rings. The second-order valence-electron chi connectivity index (χ2n) is 16.6. The number of methoxy groups -OCH3 is 3. The minimum Gasteiger partial charge on any atom is -0.495 e. The molecule has 9 heteroatoms. The summed E-state index contributed by atoms with van der Waals surface area (Å²) in [7, 11) is 11.2. The molecule has 66 heavy (non-hydrogen) atoms. The Balaban J connectivity index is 1.18. The van der Waals surface area contributed by atoms with Crippen molar-refractivity contribution in [2.45, 2.75) is 25.0 Å². The molecule has 6 aromatic carbocycles. The van der Waals surface area contributed by atoms with Crippen LogP contribution in [0.4, 0.5) is 17.1 Å². The molecule has 0 fully saturated rings. The molecule has 0 saturated heterocycles. The van der Waals surface area contributed by atoms with Crippen LogP contribution in [0, 0.1) is 12.3 Å². The van der Waals surface area contributed by atoms with E-state index in [1.165, 1.54) is 0 Å². The van der Waals surface area contributed by atoms with Gasteiger partial charge in [0.05, 0.1) is 91.7 Å². The van der Waals surface area contributed by atoms with Gasteiger partial charge in [-0.2, -0.15) is 0 Å². The molecule has 0 N–H and O–H groups in total. The maximum atomic E-state index is 7.01. The number of hydrogen-bond acceptors (Lipinski definition) is 9. The lowest BCUT2D eigenvalue weighted by molar-refractivity contribution is 0.414. The van der Waals surface area contributed by atoms with Crippen molar-refractivity contribution in [3.8, 4) is 29.6 Å². The number of terminal acetylenes is 1. The van der Waals surface area contributed by atoms with Crippen molar-refractivity contribution < 1.29 is 14.2 Å². The smallest absolute Gasteiger partial charge is 0.142 e. The Labute approximate surface area is 386 Å². The summed E-state index contributed by atoms with van der Waals surface area (Å²) in [4.78, 5) is 21.5. The predicted molar refractivity (Wildman–Crippen MR) is 269 cm³/mol. The lowest BCUT2D eigenvalue weighted by Gasteiger charge is -2.34. The van der Waals surface area contributed by atoms with Crippen LogP contribution in [0.15, 0.2) is 164 Å². The van der Waals surface area contributed by atoms with Gasteiger partial charge < -0.3 is 28.9 Å². The first-order valence-electron chi connectivity index (χ1n) is 21.9. The fraction of sp³-hybridized carbons (Fsp3) is 0.175. The third-order valence-corrected chi connectivity index (χ3v) is 12.5.